The Balaban J connectivity index is 1.20. The molecule has 0 aliphatic heterocycles. The average molecular weight is 599 g/mol. The van der Waals surface area contributed by atoms with Crippen molar-refractivity contribution in [2.45, 2.75) is 0 Å². The third-order valence-electron chi connectivity index (χ3n) is 6.50. The van der Waals surface area contributed by atoms with Gasteiger partial charge in [0.2, 0.25) is 5.75 Å². The zero-order valence-corrected chi connectivity index (χ0v) is 24.5. The van der Waals surface area contributed by atoms with Gasteiger partial charge < -0.3 is 35.6 Å². The van der Waals surface area contributed by atoms with E-state index in [0.29, 0.717) is 45.1 Å². The van der Waals surface area contributed by atoms with Crippen LogP contribution in [0.1, 0.15) is 10.4 Å². The van der Waals surface area contributed by atoms with Crippen LogP contribution in [0.5, 0.6) is 17.2 Å². The molecule has 5 N–H and O–H groups in total. The number of carbonyl (C=O) groups excluding carboxylic acids is 1. The third-order valence-corrected chi connectivity index (χ3v) is 8.48. The first kappa shape index (κ1) is 27.1. The quantitative estimate of drug-likeness (QED) is 0.139. The summed E-state index contributed by atoms with van der Waals surface area (Å²) in [5, 5.41) is 10.6. The number of carbonyl (C=O) groups is 1. The summed E-state index contributed by atoms with van der Waals surface area (Å²) in [6, 6.07) is 18.7. The molecule has 0 fully saturated rings. The molecule has 0 saturated heterocycles. The Kier molecular flexibility index (Phi) is 7.38. The first-order valence-corrected chi connectivity index (χ1v) is 14.4. The average Bonchev–Trinajstić information content (AvgIpc) is 3.76. The smallest absolute Gasteiger partial charge is 0.255 e. The van der Waals surface area contributed by atoms with Gasteiger partial charge in [0.05, 0.1) is 27.0 Å². The number of aromatic nitrogens is 3. The van der Waals surface area contributed by atoms with Gasteiger partial charge in [-0.25, -0.2) is 9.97 Å². The van der Waals surface area contributed by atoms with Crippen LogP contribution in [0.3, 0.4) is 0 Å². The van der Waals surface area contributed by atoms with Crippen LogP contribution in [-0.2, 0) is 0 Å². The Labute approximate surface area is 249 Å². The highest BCUT2D eigenvalue weighted by Gasteiger charge is 2.18. The number of fused-ring (bicyclic) bond motifs is 1. The lowest BCUT2D eigenvalue weighted by Gasteiger charge is -2.14. The maximum atomic E-state index is 12.9. The number of hydrogen-bond acceptors (Lipinski definition) is 10. The Bertz CT molecular complexity index is 1890. The number of aromatic amines is 1. The number of anilines is 4. The number of nitrogens with zero attached hydrogens (tertiary/aromatic N) is 2. The first-order chi connectivity index (χ1) is 20.4. The fraction of sp³-hybridized carbons (Fsp3) is 0.100. The number of H-pyrrole nitrogens is 1. The second-order valence-electron chi connectivity index (χ2n) is 9.12. The number of nitrogens with two attached hydrogens (primary N) is 1. The minimum atomic E-state index is -0.188. The van der Waals surface area contributed by atoms with Crippen LogP contribution >= 0.6 is 22.7 Å². The normalized spacial score (nSPS) is 10.9. The standard InChI is InChI=1S/C30H26N6O4S2/c1-38-23-13-20(14-24(39-2)25(23)40-3)34-30-36-27(31)26(42-30)29-35-22(15-41-29)17-5-4-6-19(11-17)33-28(37)18-8-7-16-9-10-32-21(16)12-18/h4-15,32H,31H2,1-3H3,(H,33,37)(H,34,36). The molecule has 0 spiro atoms. The van der Waals surface area contributed by atoms with Gasteiger partial charge in [-0.3, -0.25) is 4.79 Å². The maximum Gasteiger partial charge on any atom is 0.255 e. The molecule has 0 saturated carbocycles. The fourth-order valence-electron chi connectivity index (χ4n) is 4.47. The summed E-state index contributed by atoms with van der Waals surface area (Å²) < 4.78 is 16.3. The molecule has 42 heavy (non-hydrogen) atoms. The summed E-state index contributed by atoms with van der Waals surface area (Å²) >= 11 is 2.86. The van der Waals surface area contributed by atoms with E-state index in [1.807, 2.05) is 60.1 Å². The highest BCUT2D eigenvalue weighted by Crippen LogP contribution is 2.43. The molecule has 0 aliphatic carbocycles. The van der Waals surface area contributed by atoms with Crippen LogP contribution in [0.15, 0.2) is 72.2 Å². The largest absolute Gasteiger partial charge is 0.493 e. The zero-order chi connectivity index (χ0) is 29.2. The molecule has 12 heteroatoms. The molecule has 0 bridgehead atoms. The summed E-state index contributed by atoms with van der Waals surface area (Å²) in [6.07, 6.45) is 1.85. The number of ether oxygens (including phenoxy) is 3. The molecule has 3 aromatic heterocycles. The van der Waals surface area contributed by atoms with Crippen molar-refractivity contribution >= 4 is 61.8 Å². The van der Waals surface area contributed by atoms with Crippen LogP contribution in [-0.4, -0.2) is 42.2 Å². The molecule has 1 amide bonds. The highest BCUT2D eigenvalue weighted by molar-refractivity contribution is 7.23. The number of rotatable bonds is 9. The van der Waals surface area contributed by atoms with Crippen LogP contribution in [0.2, 0.25) is 0 Å². The van der Waals surface area contributed by atoms with Crippen molar-refractivity contribution in [3.05, 3.63) is 77.8 Å². The summed E-state index contributed by atoms with van der Waals surface area (Å²) in [5.41, 5.74) is 10.8. The van der Waals surface area contributed by atoms with E-state index in [4.69, 9.17) is 24.9 Å². The molecule has 0 radical (unpaired) electrons. The van der Waals surface area contributed by atoms with Crippen molar-refractivity contribution in [2.75, 3.05) is 37.7 Å². The van der Waals surface area contributed by atoms with Crippen molar-refractivity contribution in [3.8, 4) is 38.4 Å². The van der Waals surface area contributed by atoms with E-state index in [-0.39, 0.29) is 5.91 Å². The van der Waals surface area contributed by atoms with Gasteiger partial charge in [0.15, 0.2) is 16.6 Å². The number of amides is 1. The van der Waals surface area contributed by atoms with E-state index < -0.39 is 0 Å². The number of nitrogens with one attached hydrogen (secondary N) is 3. The lowest BCUT2D eigenvalue weighted by Crippen LogP contribution is -2.11. The summed E-state index contributed by atoms with van der Waals surface area (Å²) in [5.74, 6) is 1.73. The van der Waals surface area contributed by atoms with Crippen molar-refractivity contribution in [1.82, 2.24) is 15.0 Å². The van der Waals surface area contributed by atoms with Crippen molar-refractivity contribution < 1.29 is 19.0 Å². The highest BCUT2D eigenvalue weighted by atomic mass is 32.1. The van der Waals surface area contributed by atoms with Gasteiger partial charge in [-0.05, 0) is 35.7 Å². The fourth-order valence-corrected chi connectivity index (χ4v) is 6.31. The number of benzene rings is 3. The van der Waals surface area contributed by atoms with E-state index in [1.54, 1.807) is 33.5 Å². The topological polar surface area (TPSA) is 136 Å². The van der Waals surface area contributed by atoms with Gasteiger partial charge in [0, 0.05) is 51.7 Å². The van der Waals surface area contributed by atoms with Gasteiger partial charge in [-0.1, -0.05) is 29.5 Å². The predicted octanol–water partition coefficient (Wildman–Crippen LogP) is 7.02. The summed E-state index contributed by atoms with van der Waals surface area (Å²) in [4.78, 5) is 26.1. The molecule has 3 aromatic carbocycles. The van der Waals surface area contributed by atoms with E-state index in [9.17, 15) is 4.79 Å². The molecule has 6 rings (SSSR count). The molecular formula is C30H26N6O4S2. The predicted molar refractivity (Wildman–Crippen MR) is 169 cm³/mol. The molecular weight excluding hydrogens is 573 g/mol. The maximum absolute atomic E-state index is 12.9. The second kappa shape index (κ2) is 11.4. The minimum absolute atomic E-state index is 0.188. The first-order valence-electron chi connectivity index (χ1n) is 12.7. The summed E-state index contributed by atoms with van der Waals surface area (Å²) in [7, 11) is 4.68. The molecule has 212 valence electrons. The molecule has 6 aromatic rings. The van der Waals surface area contributed by atoms with Crippen molar-refractivity contribution in [2.24, 2.45) is 0 Å². The van der Waals surface area contributed by atoms with E-state index in [0.717, 1.165) is 32.0 Å². The zero-order valence-electron chi connectivity index (χ0n) is 22.8. The van der Waals surface area contributed by atoms with Gasteiger partial charge in [-0.2, -0.15) is 0 Å². The molecule has 0 atom stereocenters. The van der Waals surface area contributed by atoms with Crippen molar-refractivity contribution in [3.63, 3.8) is 0 Å². The van der Waals surface area contributed by atoms with E-state index in [2.05, 4.69) is 20.6 Å². The number of methoxy groups -OCH3 is 3. The molecule has 0 aliphatic rings. The summed E-state index contributed by atoms with van der Waals surface area (Å²) in [6.45, 7) is 0. The minimum Gasteiger partial charge on any atom is -0.493 e. The van der Waals surface area contributed by atoms with E-state index in [1.165, 1.54) is 22.7 Å². The Morgan fingerprint density at radius 1 is 0.929 bits per heavy atom. The van der Waals surface area contributed by atoms with E-state index >= 15 is 0 Å². The third kappa shape index (κ3) is 5.32. The lowest BCUT2D eigenvalue weighted by atomic mass is 10.1. The monoisotopic (exact) mass is 598 g/mol. The van der Waals surface area contributed by atoms with Gasteiger partial charge >= 0.3 is 0 Å². The lowest BCUT2D eigenvalue weighted by molar-refractivity contribution is 0.102. The number of hydrogen-bond donors (Lipinski definition) is 4. The van der Waals surface area contributed by atoms with Crippen LogP contribution < -0.4 is 30.6 Å². The second-order valence-corrected chi connectivity index (χ2v) is 11.0. The number of thiazole rings is 2. The van der Waals surface area contributed by atoms with Crippen LogP contribution in [0.25, 0.3) is 32.0 Å². The van der Waals surface area contributed by atoms with Gasteiger partial charge in [0.1, 0.15) is 15.7 Å². The molecule has 0 unspecified atom stereocenters. The van der Waals surface area contributed by atoms with Gasteiger partial charge in [0.25, 0.3) is 5.91 Å². The van der Waals surface area contributed by atoms with Crippen LogP contribution in [0, 0.1) is 0 Å². The number of nitrogen functional groups attached to an aromatic ring is 1. The molecule has 10 nitrogen and oxygen atoms in total. The Morgan fingerprint density at radius 3 is 2.50 bits per heavy atom. The van der Waals surface area contributed by atoms with Crippen LogP contribution in [0.4, 0.5) is 22.3 Å². The Hall–Kier alpha value is -5.07. The SMILES string of the molecule is COc1cc(Nc2nc(N)c(-c3nc(-c4cccc(NC(=O)c5ccc6cc[nH]c6c5)c4)cs3)s2)cc(OC)c1OC. The Morgan fingerprint density at radius 2 is 1.74 bits per heavy atom. The van der Waals surface area contributed by atoms with Gasteiger partial charge in [-0.15, -0.1) is 11.3 Å². The van der Waals surface area contributed by atoms with Crippen molar-refractivity contribution in [1.29, 1.82) is 0 Å². The molecule has 3 heterocycles.